The van der Waals surface area contributed by atoms with Crippen LogP contribution in [0.1, 0.15) is 12.8 Å². The number of H-pyrrole nitrogens is 1. The van der Waals surface area contributed by atoms with E-state index in [1.165, 1.54) is 15.1 Å². The number of ether oxygens (including phenoxy) is 1. The smallest absolute Gasteiger partial charge is 0.277 e. The highest BCUT2D eigenvalue weighted by atomic mass is 32.2. The number of sulfonamides is 1. The number of rotatable bonds is 4. The van der Waals surface area contributed by atoms with Gasteiger partial charge in [0.25, 0.3) is 10.0 Å². The topological polar surface area (TPSA) is 80.2 Å². The average Bonchev–Trinajstić information content (AvgIpc) is 3.25. The monoisotopic (exact) mass is 360 g/mol. The van der Waals surface area contributed by atoms with Gasteiger partial charge in [-0.15, -0.1) is 0 Å². The van der Waals surface area contributed by atoms with Crippen LogP contribution in [0.4, 0.5) is 0 Å². The zero-order valence-electron chi connectivity index (χ0n) is 13.9. The van der Waals surface area contributed by atoms with Crippen molar-refractivity contribution in [2.45, 2.75) is 24.1 Å². The van der Waals surface area contributed by atoms with Gasteiger partial charge < -0.3 is 14.3 Å². The van der Waals surface area contributed by atoms with Crippen LogP contribution in [0.5, 0.6) is 5.75 Å². The van der Waals surface area contributed by atoms with E-state index < -0.39 is 10.0 Å². The van der Waals surface area contributed by atoms with Gasteiger partial charge in [-0.25, -0.2) is 13.4 Å². The molecule has 0 atom stereocenters. The summed E-state index contributed by atoms with van der Waals surface area (Å²) in [6.45, 7) is 0.867. The van der Waals surface area contributed by atoms with E-state index in [1.54, 1.807) is 13.2 Å². The van der Waals surface area contributed by atoms with Crippen molar-refractivity contribution < 1.29 is 13.2 Å². The van der Waals surface area contributed by atoms with Crippen LogP contribution >= 0.6 is 0 Å². The standard InChI is InChI=1S/C17H20N4O3S/c1-20-12-9-19-17(20)25(22,23)21-10-6-13(7-11-21)24-16-4-2-3-15-14(16)5-8-18-15/h2-5,8-9,12-13,18H,6-7,10-11H2,1H3. The Bertz CT molecular complexity index is 984. The van der Waals surface area contributed by atoms with Gasteiger partial charge in [0.2, 0.25) is 5.16 Å². The van der Waals surface area contributed by atoms with E-state index in [9.17, 15) is 8.42 Å². The second kappa shape index (κ2) is 6.20. The van der Waals surface area contributed by atoms with E-state index in [4.69, 9.17) is 4.74 Å². The summed E-state index contributed by atoms with van der Waals surface area (Å²) >= 11 is 0. The van der Waals surface area contributed by atoms with Crippen LogP contribution in [0, 0.1) is 0 Å². The maximum Gasteiger partial charge on any atom is 0.277 e. The molecule has 25 heavy (non-hydrogen) atoms. The van der Waals surface area contributed by atoms with Gasteiger partial charge in [-0.05, 0) is 31.0 Å². The maximum absolute atomic E-state index is 12.7. The van der Waals surface area contributed by atoms with Crippen LogP contribution in [0.3, 0.4) is 0 Å². The van der Waals surface area contributed by atoms with Crippen LogP contribution in [-0.4, -0.2) is 46.5 Å². The van der Waals surface area contributed by atoms with Crippen LogP contribution < -0.4 is 4.74 Å². The molecule has 0 saturated carbocycles. The summed E-state index contributed by atoms with van der Waals surface area (Å²) in [6, 6.07) is 7.90. The van der Waals surface area contributed by atoms with Crippen LogP contribution in [0.25, 0.3) is 10.9 Å². The minimum atomic E-state index is -3.55. The van der Waals surface area contributed by atoms with Crippen molar-refractivity contribution >= 4 is 20.9 Å². The predicted molar refractivity (Wildman–Crippen MR) is 93.9 cm³/mol. The lowest BCUT2D eigenvalue weighted by molar-refractivity contribution is 0.136. The number of nitrogens with zero attached hydrogens (tertiary/aromatic N) is 3. The Kier molecular flexibility index (Phi) is 4.01. The summed E-state index contributed by atoms with van der Waals surface area (Å²) in [4.78, 5) is 7.14. The Morgan fingerprint density at radius 2 is 2.04 bits per heavy atom. The SMILES string of the molecule is Cn1ccnc1S(=O)(=O)N1CCC(Oc2cccc3[nH]ccc23)CC1. The fraction of sp³-hybridized carbons (Fsp3) is 0.353. The Morgan fingerprint density at radius 3 is 2.76 bits per heavy atom. The summed E-state index contributed by atoms with van der Waals surface area (Å²) in [5.41, 5.74) is 1.03. The number of benzene rings is 1. The van der Waals surface area contributed by atoms with E-state index in [0.29, 0.717) is 25.9 Å². The highest BCUT2D eigenvalue weighted by Crippen LogP contribution is 2.28. The number of imidazole rings is 1. The molecule has 0 radical (unpaired) electrons. The molecule has 0 aliphatic carbocycles. The fourth-order valence-corrected chi connectivity index (χ4v) is 4.79. The number of aromatic amines is 1. The maximum atomic E-state index is 12.7. The summed E-state index contributed by atoms with van der Waals surface area (Å²) in [7, 11) is -1.86. The van der Waals surface area contributed by atoms with E-state index in [0.717, 1.165) is 16.7 Å². The van der Waals surface area contributed by atoms with E-state index in [2.05, 4.69) is 9.97 Å². The minimum Gasteiger partial charge on any atom is -0.490 e. The first-order chi connectivity index (χ1) is 12.1. The molecule has 1 saturated heterocycles. The third kappa shape index (κ3) is 2.91. The molecule has 1 fully saturated rings. The highest BCUT2D eigenvalue weighted by molar-refractivity contribution is 7.89. The molecule has 1 aliphatic heterocycles. The molecule has 1 N–H and O–H groups in total. The molecule has 1 aromatic carbocycles. The lowest BCUT2D eigenvalue weighted by atomic mass is 10.1. The van der Waals surface area contributed by atoms with Gasteiger partial charge in [0.05, 0.1) is 0 Å². The largest absolute Gasteiger partial charge is 0.490 e. The first-order valence-corrected chi connectivity index (χ1v) is 9.70. The molecule has 0 amide bonds. The molecule has 4 rings (SSSR count). The number of hydrogen-bond acceptors (Lipinski definition) is 4. The summed E-state index contributed by atoms with van der Waals surface area (Å²) in [5.74, 6) is 0.837. The van der Waals surface area contributed by atoms with Gasteiger partial charge in [-0.2, -0.15) is 4.31 Å². The van der Waals surface area contributed by atoms with Crippen molar-refractivity contribution in [1.29, 1.82) is 0 Å². The average molecular weight is 360 g/mol. The molecule has 0 unspecified atom stereocenters. The predicted octanol–water partition coefficient (Wildman–Crippen LogP) is 2.13. The molecule has 0 spiro atoms. The molecular formula is C17H20N4O3S. The van der Waals surface area contributed by atoms with Crippen molar-refractivity contribution in [2.75, 3.05) is 13.1 Å². The number of aromatic nitrogens is 3. The molecule has 2 aromatic heterocycles. The molecule has 1 aliphatic rings. The fourth-order valence-electron chi connectivity index (χ4n) is 3.25. The number of hydrogen-bond donors (Lipinski definition) is 1. The van der Waals surface area contributed by atoms with Crippen molar-refractivity contribution in [3.05, 3.63) is 42.9 Å². The number of piperidine rings is 1. The quantitative estimate of drug-likeness (QED) is 0.773. The summed E-state index contributed by atoms with van der Waals surface area (Å²) in [5, 5.41) is 1.13. The normalized spacial score (nSPS) is 17.2. The number of fused-ring (bicyclic) bond motifs is 1. The molecule has 132 valence electrons. The van der Waals surface area contributed by atoms with Crippen molar-refractivity contribution in [2.24, 2.45) is 7.05 Å². The Morgan fingerprint density at radius 1 is 1.24 bits per heavy atom. The Labute approximate surface area is 146 Å². The molecule has 3 aromatic rings. The van der Waals surface area contributed by atoms with Gasteiger partial charge in [0.15, 0.2) is 0 Å². The van der Waals surface area contributed by atoms with E-state index >= 15 is 0 Å². The van der Waals surface area contributed by atoms with Gasteiger partial charge >= 0.3 is 0 Å². The number of nitrogens with one attached hydrogen (secondary N) is 1. The van der Waals surface area contributed by atoms with E-state index in [1.807, 2.05) is 30.5 Å². The first-order valence-electron chi connectivity index (χ1n) is 8.26. The summed E-state index contributed by atoms with van der Waals surface area (Å²) in [6.07, 6.45) is 6.35. The molecule has 0 bridgehead atoms. The van der Waals surface area contributed by atoms with Crippen LogP contribution in [0.2, 0.25) is 0 Å². The van der Waals surface area contributed by atoms with Gasteiger partial charge in [-0.1, -0.05) is 6.07 Å². The molecule has 3 heterocycles. The van der Waals surface area contributed by atoms with Crippen molar-refractivity contribution in [3.8, 4) is 5.75 Å². The Hall–Kier alpha value is -2.32. The highest BCUT2D eigenvalue weighted by Gasteiger charge is 2.32. The molecular weight excluding hydrogens is 340 g/mol. The van der Waals surface area contributed by atoms with Gasteiger partial charge in [0.1, 0.15) is 11.9 Å². The van der Waals surface area contributed by atoms with E-state index in [-0.39, 0.29) is 11.3 Å². The zero-order chi connectivity index (χ0) is 17.4. The lowest BCUT2D eigenvalue weighted by Gasteiger charge is -2.31. The van der Waals surface area contributed by atoms with Crippen LogP contribution in [-0.2, 0) is 17.1 Å². The first kappa shape index (κ1) is 16.2. The summed E-state index contributed by atoms with van der Waals surface area (Å²) < 4.78 is 34.5. The van der Waals surface area contributed by atoms with Gasteiger partial charge in [0, 0.05) is 49.6 Å². The molecule has 7 nitrogen and oxygen atoms in total. The molecule has 8 heteroatoms. The lowest BCUT2D eigenvalue weighted by Crippen LogP contribution is -2.42. The third-order valence-corrected chi connectivity index (χ3v) is 6.50. The van der Waals surface area contributed by atoms with Crippen molar-refractivity contribution in [3.63, 3.8) is 0 Å². The second-order valence-corrected chi connectivity index (χ2v) is 8.07. The Balaban J connectivity index is 1.45. The van der Waals surface area contributed by atoms with Crippen molar-refractivity contribution in [1.82, 2.24) is 18.8 Å². The van der Waals surface area contributed by atoms with Crippen LogP contribution in [0.15, 0.2) is 48.0 Å². The zero-order valence-corrected chi connectivity index (χ0v) is 14.7. The van der Waals surface area contributed by atoms with Gasteiger partial charge in [-0.3, -0.25) is 0 Å². The third-order valence-electron chi connectivity index (χ3n) is 4.60. The number of aryl methyl sites for hydroxylation is 1. The minimum absolute atomic E-state index is 0.00771. The second-order valence-electron chi connectivity index (χ2n) is 6.24.